The fraction of sp³-hybridized carbons (Fsp3) is 0.429. The summed E-state index contributed by atoms with van der Waals surface area (Å²) in [6.07, 6.45) is 7.65. The Hall–Kier alpha value is -2.25. The molecule has 1 aromatic heterocycles. The summed E-state index contributed by atoms with van der Waals surface area (Å²) in [5.74, 6) is 0.255. The van der Waals surface area contributed by atoms with Gasteiger partial charge in [-0.2, -0.15) is 0 Å². The third-order valence-corrected chi connectivity index (χ3v) is 6.97. The molecule has 2 aromatic rings. The van der Waals surface area contributed by atoms with Gasteiger partial charge in [0.15, 0.2) is 0 Å². The zero-order chi connectivity index (χ0) is 19.9. The fourth-order valence-corrected chi connectivity index (χ4v) is 5.04. The largest absolute Gasteiger partial charge is 0.354 e. The van der Waals surface area contributed by atoms with E-state index >= 15 is 0 Å². The van der Waals surface area contributed by atoms with E-state index in [0.717, 1.165) is 49.9 Å². The number of hydrogen-bond donors (Lipinski definition) is 2. The minimum Gasteiger partial charge on any atom is -0.305 e. The number of nitrogens with zero attached hydrogens (tertiary/aromatic N) is 2. The zero-order valence-electron chi connectivity index (χ0n) is 16.3. The van der Waals surface area contributed by atoms with E-state index in [1.807, 2.05) is 13.8 Å². The van der Waals surface area contributed by atoms with Crippen molar-refractivity contribution < 1.29 is 9.00 Å². The first kappa shape index (κ1) is 19.1. The highest BCUT2D eigenvalue weighted by Crippen LogP contribution is 2.38. The van der Waals surface area contributed by atoms with E-state index in [1.165, 1.54) is 28.5 Å². The van der Waals surface area contributed by atoms with Gasteiger partial charge in [-0.3, -0.25) is 4.98 Å². The van der Waals surface area contributed by atoms with Crippen LogP contribution in [-0.4, -0.2) is 15.2 Å². The van der Waals surface area contributed by atoms with Crippen LogP contribution in [0, 0.1) is 0 Å². The van der Waals surface area contributed by atoms with Gasteiger partial charge in [0.25, 0.3) is 0 Å². The van der Waals surface area contributed by atoms with E-state index in [2.05, 4.69) is 20.7 Å². The molecule has 0 bridgehead atoms. The molecule has 2 amide bonds. The molecule has 0 saturated carbocycles. The van der Waals surface area contributed by atoms with Crippen LogP contribution in [0.2, 0.25) is 0 Å². The molecule has 0 aliphatic heterocycles. The number of aryl methyl sites for hydroxylation is 2. The minimum absolute atomic E-state index is 0.255. The monoisotopic (exact) mass is 398 g/mol. The Labute approximate surface area is 166 Å². The van der Waals surface area contributed by atoms with Crippen LogP contribution in [0.3, 0.4) is 0 Å². The van der Waals surface area contributed by atoms with Crippen molar-refractivity contribution in [2.24, 2.45) is 9.50 Å². The Morgan fingerprint density at radius 2 is 1.79 bits per heavy atom. The topological polar surface area (TPSA) is 97.4 Å². The zero-order valence-corrected chi connectivity index (χ0v) is 17.1. The van der Waals surface area contributed by atoms with Crippen molar-refractivity contribution in [3.63, 3.8) is 0 Å². The molecule has 2 aliphatic carbocycles. The Bertz CT molecular complexity index is 1020. The van der Waals surface area contributed by atoms with Crippen molar-refractivity contribution in [2.45, 2.75) is 63.2 Å². The van der Waals surface area contributed by atoms with E-state index < -0.39 is 15.9 Å². The number of amides is 2. The second-order valence-electron chi connectivity index (χ2n) is 7.90. The van der Waals surface area contributed by atoms with Crippen LogP contribution in [-0.2, 0) is 35.6 Å². The minimum atomic E-state index is -3.35. The number of carbonyl (C=O) groups is 1. The van der Waals surface area contributed by atoms with Crippen LogP contribution in [0.4, 0.5) is 10.5 Å². The SMILES string of the molecule is CC(C)c1ccc([S@@](N)(=O)=NC(=O)Nc2c3c(cc4c2CCC4)CCC3)cn1. The number of urea groups is 1. The first-order valence-electron chi connectivity index (χ1n) is 9.83. The summed E-state index contributed by atoms with van der Waals surface area (Å²) < 4.78 is 16.7. The molecule has 0 unspecified atom stereocenters. The maximum absolute atomic E-state index is 12.8. The molecular weight excluding hydrogens is 372 g/mol. The second-order valence-corrected chi connectivity index (χ2v) is 9.69. The first-order valence-corrected chi connectivity index (χ1v) is 11.4. The molecule has 2 aliphatic rings. The van der Waals surface area contributed by atoms with Crippen LogP contribution in [0.5, 0.6) is 0 Å². The molecule has 1 atom stereocenters. The summed E-state index contributed by atoms with van der Waals surface area (Å²) in [6.45, 7) is 4.05. The summed E-state index contributed by atoms with van der Waals surface area (Å²) >= 11 is 0. The van der Waals surface area contributed by atoms with Crippen molar-refractivity contribution in [1.29, 1.82) is 0 Å². The molecule has 1 aromatic carbocycles. The average molecular weight is 399 g/mol. The number of aromatic nitrogens is 1. The number of nitrogens with one attached hydrogen (secondary N) is 1. The Kier molecular flexibility index (Phi) is 4.97. The number of carbonyl (C=O) groups excluding carboxylic acids is 1. The number of nitrogens with two attached hydrogens (primary N) is 1. The quantitative estimate of drug-likeness (QED) is 0.814. The van der Waals surface area contributed by atoms with Gasteiger partial charge in [-0.25, -0.2) is 14.1 Å². The fourth-order valence-electron chi connectivity index (χ4n) is 4.18. The average Bonchev–Trinajstić information content (AvgIpc) is 3.30. The number of fused-ring (bicyclic) bond motifs is 2. The predicted octanol–water partition coefficient (Wildman–Crippen LogP) is 4.12. The van der Waals surface area contributed by atoms with Crippen LogP contribution >= 0.6 is 0 Å². The third-order valence-electron chi connectivity index (χ3n) is 5.61. The summed E-state index contributed by atoms with van der Waals surface area (Å²) in [5, 5.41) is 8.82. The van der Waals surface area contributed by atoms with Gasteiger partial charge in [-0.05, 0) is 78.8 Å². The molecular formula is C21H26N4O2S. The van der Waals surface area contributed by atoms with Crippen LogP contribution in [0.25, 0.3) is 0 Å². The van der Waals surface area contributed by atoms with Gasteiger partial charge in [0, 0.05) is 17.6 Å². The molecule has 0 saturated heterocycles. The van der Waals surface area contributed by atoms with Gasteiger partial charge in [0.2, 0.25) is 0 Å². The van der Waals surface area contributed by atoms with Gasteiger partial charge in [-0.1, -0.05) is 19.9 Å². The number of hydrogen-bond acceptors (Lipinski definition) is 3. The summed E-state index contributed by atoms with van der Waals surface area (Å²) in [4.78, 5) is 17.2. The number of anilines is 1. The molecule has 4 rings (SSSR count). The lowest BCUT2D eigenvalue weighted by Gasteiger charge is -2.15. The van der Waals surface area contributed by atoms with E-state index in [-0.39, 0.29) is 10.8 Å². The van der Waals surface area contributed by atoms with Gasteiger partial charge >= 0.3 is 6.03 Å². The number of pyridine rings is 1. The highest BCUT2D eigenvalue weighted by Gasteiger charge is 2.25. The molecule has 6 nitrogen and oxygen atoms in total. The summed E-state index contributed by atoms with van der Waals surface area (Å²) in [5.41, 5.74) is 6.79. The van der Waals surface area contributed by atoms with E-state index in [9.17, 15) is 9.00 Å². The van der Waals surface area contributed by atoms with Crippen molar-refractivity contribution in [3.8, 4) is 0 Å². The van der Waals surface area contributed by atoms with Crippen LogP contribution < -0.4 is 10.5 Å². The number of benzene rings is 1. The molecule has 0 radical (unpaired) electrons. The highest BCUT2D eigenvalue weighted by molar-refractivity contribution is 7.91. The van der Waals surface area contributed by atoms with E-state index in [0.29, 0.717) is 0 Å². The third kappa shape index (κ3) is 3.56. The lowest BCUT2D eigenvalue weighted by atomic mass is 9.99. The van der Waals surface area contributed by atoms with Gasteiger partial charge in [0.1, 0.15) is 9.92 Å². The first-order chi connectivity index (χ1) is 13.3. The van der Waals surface area contributed by atoms with Gasteiger partial charge < -0.3 is 5.32 Å². The molecule has 28 heavy (non-hydrogen) atoms. The smallest absolute Gasteiger partial charge is 0.305 e. The lowest BCUT2D eigenvalue weighted by Crippen LogP contribution is -2.19. The van der Waals surface area contributed by atoms with Crippen molar-refractivity contribution >= 4 is 21.6 Å². The van der Waals surface area contributed by atoms with Gasteiger partial charge in [-0.15, -0.1) is 4.36 Å². The molecule has 148 valence electrons. The maximum atomic E-state index is 12.8. The molecule has 1 heterocycles. The standard InChI is InChI=1S/C21H26N4O2S/c1-13(2)19-10-9-16(12-23-19)28(22,27)25-21(26)24-20-17-7-3-5-14(17)11-15-6-4-8-18(15)20/h9-13H,3-8H2,1-2H3,(H3,22,24,25,26,27)/t28-/m0/s1. The van der Waals surface area contributed by atoms with Gasteiger partial charge in [0.05, 0.1) is 4.90 Å². The molecule has 0 fully saturated rings. The van der Waals surface area contributed by atoms with Crippen molar-refractivity contribution in [2.75, 3.05) is 5.32 Å². The van der Waals surface area contributed by atoms with E-state index in [4.69, 9.17) is 5.14 Å². The van der Waals surface area contributed by atoms with Crippen molar-refractivity contribution in [3.05, 3.63) is 52.3 Å². The highest BCUT2D eigenvalue weighted by atomic mass is 32.2. The van der Waals surface area contributed by atoms with E-state index in [1.54, 1.807) is 12.1 Å². The summed E-state index contributed by atoms with van der Waals surface area (Å²) in [7, 11) is -3.35. The normalized spacial score (nSPS) is 17.1. The lowest BCUT2D eigenvalue weighted by molar-refractivity contribution is 0.260. The maximum Gasteiger partial charge on any atom is 0.354 e. The predicted molar refractivity (Wildman–Crippen MR) is 111 cm³/mol. The van der Waals surface area contributed by atoms with Crippen LogP contribution in [0.15, 0.2) is 33.7 Å². The van der Waals surface area contributed by atoms with Crippen molar-refractivity contribution in [1.82, 2.24) is 4.98 Å². The molecule has 3 N–H and O–H groups in total. The number of rotatable bonds is 3. The molecule has 0 spiro atoms. The summed E-state index contributed by atoms with van der Waals surface area (Å²) in [6, 6.07) is 5.05. The molecule has 7 heteroatoms. The second kappa shape index (κ2) is 7.29. The Morgan fingerprint density at radius 3 is 2.32 bits per heavy atom. The Morgan fingerprint density at radius 1 is 1.14 bits per heavy atom. The Balaban J connectivity index is 1.63. The van der Waals surface area contributed by atoms with Crippen LogP contribution in [0.1, 0.15) is 60.6 Å².